The van der Waals surface area contributed by atoms with Gasteiger partial charge in [0.1, 0.15) is 0 Å². The molecular weight excluding hydrogens is 322 g/mol. The fourth-order valence-corrected chi connectivity index (χ4v) is 3.41. The van der Waals surface area contributed by atoms with E-state index in [-0.39, 0.29) is 5.91 Å². The number of carbonyl (C=O) groups is 1. The molecule has 2 aromatic carbocycles. The molecule has 3 rings (SSSR count). The summed E-state index contributed by atoms with van der Waals surface area (Å²) >= 11 is 0. The lowest BCUT2D eigenvalue weighted by Crippen LogP contribution is -2.40. The van der Waals surface area contributed by atoms with Gasteiger partial charge in [-0.2, -0.15) is 0 Å². The van der Waals surface area contributed by atoms with Gasteiger partial charge in [0.2, 0.25) is 5.91 Å². The molecule has 1 aliphatic heterocycles. The maximum absolute atomic E-state index is 11.7. The standard InChI is InChI=1S/C22H29N3O/c1-2-22(26)24-21-11-7-6-10-20(21)23-19-13-16-25(17-14-19)15-12-18-8-4-3-5-9-18/h3-11,19,23H,2,12-17H2,1H3,(H,24,26). The lowest BCUT2D eigenvalue weighted by Gasteiger charge is -2.33. The van der Waals surface area contributed by atoms with Crippen molar-refractivity contribution in [1.29, 1.82) is 0 Å². The van der Waals surface area contributed by atoms with Gasteiger partial charge in [-0.3, -0.25) is 4.79 Å². The normalized spacial score (nSPS) is 15.6. The van der Waals surface area contributed by atoms with Gasteiger partial charge in [0, 0.05) is 32.1 Å². The van der Waals surface area contributed by atoms with Crippen molar-refractivity contribution in [2.75, 3.05) is 30.3 Å². The smallest absolute Gasteiger partial charge is 0.224 e. The molecule has 1 saturated heterocycles. The summed E-state index contributed by atoms with van der Waals surface area (Å²) in [5.74, 6) is 0.0509. The SMILES string of the molecule is CCC(=O)Nc1ccccc1NC1CCN(CCc2ccccc2)CC1. The largest absolute Gasteiger partial charge is 0.381 e. The zero-order valence-electron chi connectivity index (χ0n) is 15.6. The molecule has 4 heteroatoms. The van der Waals surface area contributed by atoms with Gasteiger partial charge in [0.25, 0.3) is 0 Å². The number of rotatable bonds is 7. The van der Waals surface area contributed by atoms with E-state index in [1.807, 2.05) is 31.2 Å². The summed E-state index contributed by atoms with van der Waals surface area (Å²) in [6, 6.07) is 19.1. The summed E-state index contributed by atoms with van der Waals surface area (Å²) in [5.41, 5.74) is 3.32. The average molecular weight is 351 g/mol. The summed E-state index contributed by atoms with van der Waals surface area (Å²) < 4.78 is 0. The third-order valence-electron chi connectivity index (χ3n) is 5.03. The van der Waals surface area contributed by atoms with Gasteiger partial charge in [-0.15, -0.1) is 0 Å². The first-order valence-corrected chi connectivity index (χ1v) is 9.66. The van der Waals surface area contributed by atoms with Gasteiger partial charge in [0.15, 0.2) is 0 Å². The number of carbonyl (C=O) groups excluding carboxylic acids is 1. The number of hydrogen-bond acceptors (Lipinski definition) is 3. The summed E-state index contributed by atoms with van der Waals surface area (Å²) in [5, 5.41) is 6.62. The van der Waals surface area contributed by atoms with Crippen LogP contribution in [0.5, 0.6) is 0 Å². The first-order valence-electron chi connectivity index (χ1n) is 9.66. The summed E-state index contributed by atoms with van der Waals surface area (Å²) in [7, 11) is 0. The van der Waals surface area contributed by atoms with Crippen molar-refractivity contribution in [3.05, 3.63) is 60.2 Å². The van der Waals surface area contributed by atoms with E-state index in [1.165, 1.54) is 5.56 Å². The molecule has 0 saturated carbocycles. The number of piperidine rings is 1. The van der Waals surface area contributed by atoms with E-state index in [0.717, 1.165) is 50.3 Å². The van der Waals surface area contributed by atoms with Crippen molar-refractivity contribution in [3.8, 4) is 0 Å². The zero-order chi connectivity index (χ0) is 18.2. The highest BCUT2D eigenvalue weighted by Crippen LogP contribution is 2.24. The van der Waals surface area contributed by atoms with E-state index >= 15 is 0 Å². The third kappa shape index (κ3) is 5.33. The molecular formula is C22H29N3O. The van der Waals surface area contributed by atoms with Crippen LogP contribution in [0.25, 0.3) is 0 Å². The number of likely N-dealkylation sites (tertiary alicyclic amines) is 1. The molecule has 2 N–H and O–H groups in total. The van der Waals surface area contributed by atoms with Crippen molar-refractivity contribution < 1.29 is 4.79 Å². The van der Waals surface area contributed by atoms with Crippen LogP contribution in [0.15, 0.2) is 54.6 Å². The van der Waals surface area contributed by atoms with Crippen LogP contribution in [-0.4, -0.2) is 36.5 Å². The highest BCUT2D eigenvalue weighted by molar-refractivity contribution is 5.94. The van der Waals surface area contributed by atoms with Crippen molar-refractivity contribution in [3.63, 3.8) is 0 Å². The Kier molecular flexibility index (Phi) is 6.67. The zero-order valence-corrected chi connectivity index (χ0v) is 15.6. The first-order chi connectivity index (χ1) is 12.7. The number of nitrogens with one attached hydrogen (secondary N) is 2. The second kappa shape index (κ2) is 9.39. The predicted octanol–water partition coefficient (Wildman–Crippen LogP) is 4.15. The highest BCUT2D eigenvalue weighted by atomic mass is 16.1. The molecule has 0 bridgehead atoms. The first kappa shape index (κ1) is 18.5. The van der Waals surface area contributed by atoms with E-state index in [1.54, 1.807) is 0 Å². The Balaban J connectivity index is 1.47. The maximum atomic E-state index is 11.7. The van der Waals surface area contributed by atoms with Gasteiger partial charge >= 0.3 is 0 Å². The topological polar surface area (TPSA) is 44.4 Å². The average Bonchev–Trinajstić information content (AvgIpc) is 2.69. The second-order valence-corrected chi connectivity index (χ2v) is 6.94. The molecule has 0 radical (unpaired) electrons. The Morgan fingerprint density at radius 2 is 1.65 bits per heavy atom. The minimum absolute atomic E-state index is 0.0509. The van der Waals surface area contributed by atoms with E-state index in [2.05, 4.69) is 45.9 Å². The number of amides is 1. The van der Waals surface area contributed by atoms with Crippen LogP contribution in [0.2, 0.25) is 0 Å². The molecule has 0 atom stereocenters. The van der Waals surface area contributed by atoms with Crippen molar-refractivity contribution in [1.82, 2.24) is 4.90 Å². The number of nitrogens with zero attached hydrogens (tertiary/aromatic N) is 1. The second-order valence-electron chi connectivity index (χ2n) is 6.94. The molecule has 138 valence electrons. The molecule has 1 heterocycles. The molecule has 4 nitrogen and oxygen atoms in total. The summed E-state index contributed by atoms with van der Waals surface area (Å²) in [4.78, 5) is 14.3. The van der Waals surface area contributed by atoms with Gasteiger partial charge in [-0.1, -0.05) is 49.4 Å². The Morgan fingerprint density at radius 3 is 2.35 bits per heavy atom. The van der Waals surface area contributed by atoms with Crippen LogP contribution in [0, 0.1) is 0 Å². The van der Waals surface area contributed by atoms with Crippen molar-refractivity contribution in [2.45, 2.75) is 38.6 Å². The van der Waals surface area contributed by atoms with Gasteiger partial charge in [-0.05, 0) is 37.0 Å². The molecule has 26 heavy (non-hydrogen) atoms. The van der Waals surface area contributed by atoms with E-state index < -0.39 is 0 Å². The molecule has 2 aromatic rings. The fraction of sp³-hybridized carbons (Fsp3) is 0.409. The molecule has 0 spiro atoms. The summed E-state index contributed by atoms with van der Waals surface area (Å²) in [6.45, 7) is 5.23. The maximum Gasteiger partial charge on any atom is 0.224 e. The predicted molar refractivity (Wildman–Crippen MR) is 109 cm³/mol. The van der Waals surface area contributed by atoms with Gasteiger partial charge in [-0.25, -0.2) is 0 Å². The molecule has 0 aromatic heterocycles. The van der Waals surface area contributed by atoms with Gasteiger partial charge in [0.05, 0.1) is 11.4 Å². The molecule has 1 fully saturated rings. The van der Waals surface area contributed by atoms with E-state index in [9.17, 15) is 4.79 Å². The van der Waals surface area contributed by atoms with E-state index in [0.29, 0.717) is 12.5 Å². The molecule has 1 amide bonds. The number of hydrogen-bond donors (Lipinski definition) is 2. The lowest BCUT2D eigenvalue weighted by atomic mass is 10.0. The number of benzene rings is 2. The lowest BCUT2D eigenvalue weighted by molar-refractivity contribution is -0.115. The summed E-state index contributed by atoms with van der Waals surface area (Å²) in [6.07, 6.45) is 3.87. The van der Waals surface area contributed by atoms with Crippen LogP contribution in [0.1, 0.15) is 31.7 Å². The fourth-order valence-electron chi connectivity index (χ4n) is 3.41. The number of anilines is 2. The quantitative estimate of drug-likeness (QED) is 0.787. The Morgan fingerprint density at radius 1 is 1.00 bits per heavy atom. The van der Waals surface area contributed by atoms with Crippen molar-refractivity contribution >= 4 is 17.3 Å². The van der Waals surface area contributed by atoms with Crippen LogP contribution < -0.4 is 10.6 Å². The minimum atomic E-state index is 0.0509. The van der Waals surface area contributed by atoms with Crippen LogP contribution >= 0.6 is 0 Å². The Labute approximate surface area is 156 Å². The van der Waals surface area contributed by atoms with Crippen molar-refractivity contribution in [2.24, 2.45) is 0 Å². The molecule has 0 aliphatic carbocycles. The Hall–Kier alpha value is -2.33. The minimum Gasteiger partial charge on any atom is -0.381 e. The monoisotopic (exact) mass is 351 g/mol. The third-order valence-corrected chi connectivity index (χ3v) is 5.03. The number of para-hydroxylation sites is 2. The van der Waals surface area contributed by atoms with Crippen LogP contribution in [0.4, 0.5) is 11.4 Å². The van der Waals surface area contributed by atoms with E-state index in [4.69, 9.17) is 0 Å². The van der Waals surface area contributed by atoms with Crippen LogP contribution in [0.3, 0.4) is 0 Å². The Bertz CT molecular complexity index is 694. The highest BCUT2D eigenvalue weighted by Gasteiger charge is 2.19. The molecule has 0 unspecified atom stereocenters. The molecule has 1 aliphatic rings. The van der Waals surface area contributed by atoms with Crippen LogP contribution in [-0.2, 0) is 11.2 Å². The van der Waals surface area contributed by atoms with Gasteiger partial charge < -0.3 is 15.5 Å².